The number of para-hydroxylation sites is 1. The van der Waals surface area contributed by atoms with Crippen LogP contribution in [0, 0.1) is 0 Å². The van der Waals surface area contributed by atoms with Crippen molar-refractivity contribution in [3.05, 3.63) is 77.5 Å². The summed E-state index contributed by atoms with van der Waals surface area (Å²) < 4.78 is 16.8. The van der Waals surface area contributed by atoms with Gasteiger partial charge in [0.05, 0.1) is 26.0 Å². The Hall–Kier alpha value is -3.28. The van der Waals surface area contributed by atoms with Crippen LogP contribution in [-0.4, -0.2) is 36.6 Å². The van der Waals surface area contributed by atoms with E-state index >= 15 is 0 Å². The van der Waals surface area contributed by atoms with Crippen LogP contribution in [0.1, 0.15) is 52.9 Å². The van der Waals surface area contributed by atoms with Crippen LogP contribution in [0.25, 0.3) is 0 Å². The summed E-state index contributed by atoms with van der Waals surface area (Å²) in [5, 5.41) is 0. The van der Waals surface area contributed by atoms with E-state index in [0.717, 1.165) is 36.3 Å². The average molecular weight is 406 g/mol. The van der Waals surface area contributed by atoms with Gasteiger partial charge < -0.3 is 18.8 Å². The minimum absolute atomic E-state index is 0.0512. The Labute approximate surface area is 176 Å². The molecule has 0 N–H and O–H groups in total. The van der Waals surface area contributed by atoms with E-state index in [1.807, 2.05) is 47.4 Å². The minimum atomic E-state index is -0.171. The molecule has 3 aromatic rings. The number of carbonyl (C=O) groups excluding carboxylic acids is 1. The van der Waals surface area contributed by atoms with Crippen molar-refractivity contribution in [1.29, 1.82) is 0 Å². The van der Waals surface area contributed by atoms with Crippen LogP contribution in [0.15, 0.2) is 59.1 Å². The molecule has 156 valence electrons. The van der Waals surface area contributed by atoms with Gasteiger partial charge in [-0.1, -0.05) is 24.3 Å². The molecule has 4 rings (SSSR count). The highest BCUT2D eigenvalue weighted by Crippen LogP contribution is 2.33. The third-order valence-electron chi connectivity index (χ3n) is 5.47. The number of methoxy groups -OCH3 is 2. The van der Waals surface area contributed by atoms with Gasteiger partial charge in [0.1, 0.15) is 23.3 Å². The Morgan fingerprint density at radius 2 is 2.00 bits per heavy atom. The molecule has 1 aliphatic rings. The minimum Gasteiger partial charge on any atom is -0.497 e. The fraction of sp³-hybridized carbons (Fsp3) is 0.333. The maximum absolute atomic E-state index is 13.3. The highest BCUT2D eigenvalue weighted by atomic mass is 16.5. The predicted octanol–water partition coefficient (Wildman–Crippen LogP) is 4.65. The van der Waals surface area contributed by atoms with Gasteiger partial charge in [0.25, 0.3) is 5.91 Å². The van der Waals surface area contributed by atoms with Crippen molar-refractivity contribution in [2.45, 2.75) is 31.7 Å². The third-order valence-corrected chi connectivity index (χ3v) is 5.47. The molecule has 1 atom stereocenters. The number of amides is 1. The van der Waals surface area contributed by atoms with Gasteiger partial charge in [-0.2, -0.15) is 0 Å². The van der Waals surface area contributed by atoms with Crippen molar-refractivity contribution < 1.29 is 18.7 Å². The lowest BCUT2D eigenvalue weighted by atomic mass is 10.0. The Bertz CT molecular complexity index is 1010. The van der Waals surface area contributed by atoms with Crippen LogP contribution >= 0.6 is 0 Å². The summed E-state index contributed by atoms with van der Waals surface area (Å²) in [6, 6.07) is 15.0. The van der Waals surface area contributed by atoms with Crippen molar-refractivity contribution in [2.24, 2.45) is 0 Å². The van der Waals surface area contributed by atoms with Gasteiger partial charge in [0.15, 0.2) is 0 Å². The lowest BCUT2D eigenvalue weighted by Crippen LogP contribution is -2.38. The van der Waals surface area contributed by atoms with E-state index in [-0.39, 0.29) is 11.9 Å². The van der Waals surface area contributed by atoms with Gasteiger partial charge in [-0.05, 0) is 49.1 Å². The first-order valence-electron chi connectivity index (χ1n) is 10.2. The molecule has 1 aliphatic heterocycles. The van der Waals surface area contributed by atoms with E-state index in [1.54, 1.807) is 26.5 Å². The third kappa shape index (κ3) is 4.17. The summed E-state index contributed by atoms with van der Waals surface area (Å²) in [5.74, 6) is 2.71. The zero-order chi connectivity index (χ0) is 20.9. The lowest BCUT2D eigenvalue weighted by Gasteiger charge is -2.34. The molecule has 2 heterocycles. The van der Waals surface area contributed by atoms with Crippen molar-refractivity contribution in [3.63, 3.8) is 0 Å². The first kappa shape index (κ1) is 20.0. The monoisotopic (exact) mass is 406 g/mol. The number of piperidine rings is 1. The van der Waals surface area contributed by atoms with Gasteiger partial charge in [-0.3, -0.25) is 4.79 Å². The van der Waals surface area contributed by atoms with E-state index in [1.165, 1.54) is 0 Å². The SMILES string of the molecule is COc1cccc(Cc2cnc(C3CCCCN3C(=O)c3ccccc3OC)o2)c1. The zero-order valence-corrected chi connectivity index (χ0v) is 17.3. The molecule has 0 radical (unpaired) electrons. The molecule has 1 saturated heterocycles. The molecule has 1 aromatic heterocycles. The normalized spacial score (nSPS) is 16.3. The largest absolute Gasteiger partial charge is 0.497 e. The lowest BCUT2D eigenvalue weighted by molar-refractivity contribution is 0.0566. The fourth-order valence-electron chi connectivity index (χ4n) is 3.95. The quantitative estimate of drug-likeness (QED) is 0.596. The number of hydrogen-bond acceptors (Lipinski definition) is 5. The summed E-state index contributed by atoms with van der Waals surface area (Å²) in [4.78, 5) is 19.7. The Kier molecular flexibility index (Phi) is 6.02. The first-order chi connectivity index (χ1) is 14.7. The first-order valence-corrected chi connectivity index (χ1v) is 10.2. The number of likely N-dealkylation sites (tertiary alicyclic amines) is 1. The van der Waals surface area contributed by atoms with Gasteiger partial charge in [-0.25, -0.2) is 4.98 Å². The number of benzene rings is 2. The van der Waals surface area contributed by atoms with Gasteiger partial charge in [-0.15, -0.1) is 0 Å². The highest BCUT2D eigenvalue weighted by Gasteiger charge is 2.33. The summed E-state index contributed by atoms with van der Waals surface area (Å²) in [6.07, 6.45) is 5.22. The highest BCUT2D eigenvalue weighted by molar-refractivity contribution is 5.97. The number of carbonyl (C=O) groups is 1. The molecular weight excluding hydrogens is 380 g/mol. The molecule has 1 amide bonds. The Morgan fingerprint density at radius 3 is 2.83 bits per heavy atom. The van der Waals surface area contributed by atoms with Crippen molar-refractivity contribution in [3.8, 4) is 11.5 Å². The van der Waals surface area contributed by atoms with Crippen LogP contribution in [0.4, 0.5) is 0 Å². The van der Waals surface area contributed by atoms with Crippen molar-refractivity contribution in [2.75, 3.05) is 20.8 Å². The summed E-state index contributed by atoms with van der Waals surface area (Å²) in [5.41, 5.74) is 1.65. The summed E-state index contributed by atoms with van der Waals surface area (Å²) >= 11 is 0. The Morgan fingerprint density at radius 1 is 1.13 bits per heavy atom. The molecule has 2 aromatic carbocycles. The molecule has 30 heavy (non-hydrogen) atoms. The van der Waals surface area contributed by atoms with Gasteiger partial charge >= 0.3 is 0 Å². The van der Waals surface area contributed by atoms with Crippen molar-refractivity contribution >= 4 is 5.91 Å². The topological polar surface area (TPSA) is 64.8 Å². The fourth-order valence-corrected chi connectivity index (χ4v) is 3.95. The molecule has 6 nitrogen and oxygen atoms in total. The maximum Gasteiger partial charge on any atom is 0.258 e. The van der Waals surface area contributed by atoms with Crippen LogP contribution in [-0.2, 0) is 6.42 Å². The number of oxazole rings is 1. The number of rotatable bonds is 6. The van der Waals surface area contributed by atoms with Gasteiger partial charge in [0, 0.05) is 13.0 Å². The van der Waals surface area contributed by atoms with E-state index in [9.17, 15) is 4.79 Å². The van der Waals surface area contributed by atoms with Gasteiger partial charge in [0.2, 0.25) is 5.89 Å². The molecule has 6 heteroatoms. The predicted molar refractivity (Wildman–Crippen MR) is 113 cm³/mol. The second-order valence-electron chi connectivity index (χ2n) is 7.40. The number of hydrogen-bond donors (Lipinski definition) is 0. The summed E-state index contributed by atoms with van der Waals surface area (Å²) in [7, 11) is 3.24. The second kappa shape index (κ2) is 9.03. The van der Waals surface area contributed by atoms with E-state index < -0.39 is 0 Å². The van der Waals surface area contributed by atoms with Crippen LogP contribution in [0.3, 0.4) is 0 Å². The molecule has 1 fully saturated rings. The molecular formula is C24H26N2O4. The molecule has 0 bridgehead atoms. The second-order valence-corrected chi connectivity index (χ2v) is 7.40. The molecule has 1 unspecified atom stereocenters. The number of ether oxygens (including phenoxy) is 2. The zero-order valence-electron chi connectivity index (χ0n) is 17.3. The van der Waals surface area contributed by atoms with E-state index in [0.29, 0.717) is 30.2 Å². The Balaban J connectivity index is 1.55. The van der Waals surface area contributed by atoms with Crippen LogP contribution in [0.5, 0.6) is 11.5 Å². The number of aromatic nitrogens is 1. The molecule has 0 saturated carbocycles. The van der Waals surface area contributed by atoms with E-state index in [4.69, 9.17) is 13.9 Å². The van der Waals surface area contributed by atoms with E-state index in [2.05, 4.69) is 4.98 Å². The standard InChI is InChI=1S/C24H26N2O4/c1-28-18-9-7-8-17(14-18)15-19-16-25-23(30-19)21-11-5-6-13-26(21)24(27)20-10-3-4-12-22(20)29-2/h3-4,7-10,12,14,16,21H,5-6,11,13,15H2,1-2H3. The number of nitrogens with zero attached hydrogens (tertiary/aromatic N) is 2. The average Bonchev–Trinajstić information content (AvgIpc) is 3.27. The molecule has 0 aliphatic carbocycles. The van der Waals surface area contributed by atoms with Crippen molar-refractivity contribution in [1.82, 2.24) is 9.88 Å². The maximum atomic E-state index is 13.3. The van der Waals surface area contributed by atoms with Crippen LogP contribution in [0.2, 0.25) is 0 Å². The molecule has 0 spiro atoms. The smallest absolute Gasteiger partial charge is 0.258 e. The van der Waals surface area contributed by atoms with Crippen LogP contribution < -0.4 is 9.47 Å². The summed E-state index contributed by atoms with van der Waals surface area (Å²) in [6.45, 7) is 0.676.